The Labute approximate surface area is 103 Å². The summed E-state index contributed by atoms with van der Waals surface area (Å²) in [5.74, 6) is 0.551. The molecule has 0 spiro atoms. The Morgan fingerprint density at radius 1 is 1.41 bits per heavy atom. The molecule has 0 aliphatic carbocycles. The van der Waals surface area contributed by atoms with Crippen LogP contribution in [0.4, 0.5) is 4.39 Å². The average molecular weight is 236 g/mol. The van der Waals surface area contributed by atoms with Crippen molar-refractivity contribution in [2.75, 3.05) is 19.6 Å². The quantitative estimate of drug-likeness (QED) is 0.874. The molecule has 0 unspecified atom stereocenters. The zero-order chi connectivity index (χ0) is 12.3. The Kier molecular flexibility index (Phi) is 4.13. The summed E-state index contributed by atoms with van der Waals surface area (Å²) in [6.07, 6.45) is 2.54. The van der Waals surface area contributed by atoms with Crippen LogP contribution in [0.2, 0.25) is 0 Å². The molecule has 2 atom stereocenters. The molecule has 1 aliphatic rings. The Hall–Kier alpha value is -0.930. The van der Waals surface area contributed by atoms with Gasteiger partial charge in [-0.1, -0.05) is 19.1 Å². The zero-order valence-corrected chi connectivity index (χ0v) is 10.4. The first-order valence-electron chi connectivity index (χ1n) is 6.40. The number of likely N-dealkylation sites (tertiary alicyclic amines) is 1. The van der Waals surface area contributed by atoms with Crippen molar-refractivity contribution in [3.05, 3.63) is 35.6 Å². The molecule has 0 aromatic heterocycles. The van der Waals surface area contributed by atoms with E-state index in [1.165, 1.54) is 25.0 Å². The molecule has 1 fully saturated rings. The van der Waals surface area contributed by atoms with Crippen LogP contribution in [-0.4, -0.2) is 24.5 Å². The van der Waals surface area contributed by atoms with Gasteiger partial charge in [-0.05, 0) is 43.0 Å². The fourth-order valence-electron chi connectivity index (χ4n) is 2.69. The fourth-order valence-corrected chi connectivity index (χ4v) is 2.69. The number of halogens is 1. The molecule has 1 saturated heterocycles. The molecule has 2 nitrogen and oxygen atoms in total. The highest BCUT2D eigenvalue weighted by Crippen LogP contribution is 2.26. The lowest BCUT2D eigenvalue weighted by atomic mass is 9.96. The Morgan fingerprint density at radius 3 is 2.71 bits per heavy atom. The molecule has 1 aromatic carbocycles. The van der Waals surface area contributed by atoms with E-state index in [1.54, 1.807) is 0 Å². The van der Waals surface area contributed by atoms with Crippen LogP contribution in [0.3, 0.4) is 0 Å². The smallest absolute Gasteiger partial charge is 0.123 e. The molecule has 0 saturated carbocycles. The highest BCUT2D eigenvalue weighted by atomic mass is 19.1. The summed E-state index contributed by atoms with van der Waals surface area (Å²) in [7, 11) is 0. The van der Waals surface area contributed by atoms with Crippen molar-refractivity contribution >= 4 is 0 Å². The predicted octanol–water partition coefficient (Wildman–Crippen LogP) is 2.56. The van der Waals surface area contributed by atoms with Gasteiger partial charge < -0.3 is 5.73 Å². The van der Waals surface area contributed by atoms with Crippen molar-refractivity contribution in [3.63, 3.8) is 0 Å². The number of benzene rings is 1. The van der Waals surface area contributed by atoms with Gasteiger partial charge in [0.1, 0.15) is 5.82 Å². The van der Waals surface area contributed by atoms with Crippen LogP contribution in [0, 0.1) is 11.7 Å². The number of nitrogens with two attached hydrogens (primary N) is 1. The minimum Gasteiger partial charge on any atom is -0.329 e. The maximum absolute atomic E-state index is 12.9. The molecule has 2 rings (SSSR count). The Balaban J connectivity index is 2.12. The van der Waals surface area contributed by atoms with E-state index in [0.717, 1.165) is 24.6 Å². The van der Waals surface area contributed by atoms with Gasteiger partial charge in [-0.15, -0.1) is 0 Å². The highest BCUT2D eigenvalue weighted by Gasteiger charge is 2.23. The van der Waals surface area contributed by atoms with Crippen LogP contribution >= 0.6 is 0 Å². The third-order valence-electron chi connectivity index (χ3n) is 3.61. The second-order valence-corrected chi connectivity index (χ2v) is 5.05. The van der Waals surface area contributed by atoms with E-state index in [1.807, 2.05) is 12.1 Å². The number of piperidine rings is 1. The highest BCUT2D eigenvalue weighted by molar-refractivity contribution is 5.20. The maximum atomic E-state index is 12.9. The van der Waals surface area contributed by atoms with Crippen LogP contribution < -0.4 is 5.73 Å². The molecule has 17 heavy (non-hydrogen) atoms. The minimum atomic E-state index is -0.184. The van der Waals surface area contributed by atoms with E-state index in [2.05, 4.69) is 11.8 Å². The van der Waals surface area contributed by atoms with E-state index in [0.29, 0.717) is 6.54 Å². The summed E-state index contributed by atoms with van der Waals surface area (Å²) in [4.78, 5) is 2.43. The zero-order valence-electron chi connectivity index (χ0n) is 10.4. The lowest BCUT2D eigenvalue weighted by molar-refractivity contribution is 0.133. The van der Waals surface area contributed by atoms with Crippen LogP contribution in [0.1, 0.15) is 31.4 Å². The molecule has 1 aromatic rings. The van der Waals surface area contributed by atoms with E-state index < -0.39 is 0 Å². The summed E-state index contributed by atoms with van der Waals surface area (Å²) < 4.78 is 12.9. The van der Waals surface area contributed by atoms with E-state index >= 15 is 0 Å². The molecule has 0 bridgehead atoms. The van der Waals surface area contributed by atoms with Gasteiger partial charge in [0, 0.05) is 19.1 Å². The average Bonchev–Trinajstić information content (AvgIpc) is 2.33. The van der Waals surface area contributed by atoms with Crippen molar-refractivity contribution in [1.82, 2.24) is 4.90 Å². The minimum absolute atomic E-state index is 0.184. The first kappa shape index (κ1) is 12.5. The molecule has 1 heterocycles. The Bertz CT molecular complexity index is 350. The fraction of sp³-hybridized carbons (Fsp3) is 0.571. The van der Waals surface area contributed by atoms with Gasteiger partial charge >= 0.3 is 0 Å². The molecule has 3 heteroatoms. The predicted molar refractivity (Wildman–Crippen MR) is 68.2 cm³/mol. The van der Waals surface area contributed by atoms with Gasteiger partial charge in [0.15, 0.2) is 0 Å². The lowest BCUT2D eigenvalue weighted by Crippen LogP contribution is -2.40. The Morgan fingerprint density at radius 2 is 2.12 bits per heavy atom. The van der Waals surface area contributed by atoms with Crippen molar-refractivity contribution in [1.29, 1.82) is 0 Å². The van der Waals surface area contributed by atoms with Gasteiger partial charge in [0.2, 0.25) is 0 Å². The summed E-state index contributed by atoms with van der Waals surface area (Å²) in [6, 6.07) is 6.98. The van der Waals surface area contributed by atoms with E-state index in [9.17, 15) is 4.39 Å². The second kappa shape index (κ2) is 5.61. The van der Waals surface area contributed by atoms with E-state index in [4.69, 9.17) is 5.73 Å². The SMILES string of the molecule is C[C@H]1CCCN([C@H](CN)c2ccc(F)cc2)C1. The lowest BCUT2D eigenvalue weighted by Gasteiger charge is -2.37. The molecular formula is C14H21FN2. The van der Waals surface area contributed by atoms with Gasteiger partial charge in [-0.3, -0.25) is 4.90 Å². The summed E-state index contributed by atoms with van der Waals surface area (Å²) >= 11 is 0. The summed E-state index contributed by atoms with van der Waals surface area (Å²) in [5.41, 5.74) is 7.01. The summed E-state index contributed by atoms with van der Waals surface area (Å²) in [6.45, 7) is 5.07. The van der Waals surface area contributed by atoms with Crippen LogP contribution in [0.25, 0.3) is 0 Å². The van der Waals surface area contributed by atoms with Crippen LogP contribution in [0.15, 0.2) is 24.3 Å². The third kappa shape index (κ3) is 3.05. The van der Waals surface area contributed by atoms with Gasteiger partial charge in [0.05, 0.1) is 0 Å². The molecule has 0 amide bonds. The first-order valence-corrected chi connectivity index (χ1v) is 6.40. The van der Waals surface area contributed by atoms with Crippen molar-refractivity contribution in [2.24, 2.45) is 11.7 Å². The van der Waals surface area contributed by atoms with Crippen molar-refractivity contribution in [3.8, 4) is 0 Å². The van der Waals surface area contributed by atoms with Gasteiger partial charge in [-0.2, -0.15) is 0 Å². The molecule has 1 aliphatic heterocycles. The monoisotopic (exact) mass is 236 g/mol. The number of nitrogens with zero attached hydrogens (tertiary/aromatic N) is 1. The molecule has 94 valence electrons. The number of hydrogen-bond donors (Lipinski definition) is 1. The standard InChI is InChI=1S/C14H21FN2/c1-11-3-2-8-17(10-11)14(9-16)12-4-6-13(15)7-5-12/h4-7,11,14H,2-3,8-10,16H2,1H3/t11-,14+/m0/s1. The first-order chi connectivity index (χ1) is 8.20. The normalized spacial score (nSPS) is 23.6. The second-order valence-electron chi connectivity index (χ2n) is 5.05. The number of rotatable bonds is 3. The molecular weight excluding hydrogens is 215 g/mol. The van der Waals surface area contributed by atoms with E-state index in [-0.39, 0.29) is 11.9 Å². The summed E-state index contributed by atoms with van der Waals surface area (Å²) in [5, 5.41) is 0. The molecule has 0 radical (unpaired) electrons. The van der Waals surface area contributed by atoms with Crippen molar-refractivity contribution < 1.29 is 4.39 Å². The number of hydrogen-bond acceptors (Lipinski definition) is 2. The van der Waals surface area contributed by atoms with Crippen LogP contribution in [-0.2, 0) is 0 Å². The van der Waals surface area contributed by atoms with Crippen LogP contribution in [0.5, 0.6) is 0 Å². The topological polar surface area (TPSA) is 29.3 Å². The van der Waals surface area contributed by atoms with Gasteiger partial charge in [-0.25, -0.2) is 4.39 Å². The molecule has 2 N–H and O–H groups in total. The maximum Gasteiger partial charge on any atom is 0.123 e. The van der Waals surface area contributed by atoms with Gasteiger partial charge in [0.25, 0.3) is 0 Å². The van der Waals surface area contributed by atoms with Crippen molar-refractivity contribution in [2.45, 2.75) is 25.8 Å². The third-order valence-corrected chi connectivity index (χ3v) is 3.61. The largest absolute Gasteiger partial charge is 0.329 e.